The first kappa shape index (κ1) is 27.7. The monoisotopic (exact) mass is 543 g/mol. The van der Waals surface area contributed by atoms with Crippen molar-refractivity contribution in [2.45, 2.75) is 38.1 Å². The van der Waals surface area contributed by atoms with Gasteiger partial charge in [0.2, 0.25) is 10.0 Å². The maximum Gasteiger partial charge on any atom is 0.322 e. The molecule has 39 heavy (non-hydrogen) atoms. The van der Waals surface area contributed by atoms with Gasteiger partial charge in [0, 0.05) is 18.1 Å². The largest absolute Gasteiger partial charge is 0.480 e. The van der Waals surface area contributed by atoms with Gasteiger partial charge in [0.15, 0.2) is 0 Å². The number of carboxylic acid groups (broad SMARTS) is 1. The van der Waals surface area contributed by atoms with Crippen LogP contribution in [0.5, 0.6) is 0 Å². The van der Waals surface area contributed by atoms with E-state index in [1.165, 1.54) is 6.20 Å². The molecule has 1 unspecified atom stereocenters. The number of benzene rings is 3. The van der Waals surface area contributed by atoms with Crippen LogP contribution in [-0.4, -0.2) is 36.4 Å². The molecule has 0 fully saturated rings. The maximum absolute atomic E-state index is 13.1. The van der Waals surface area contributed by atoms with Crippen LogP contribution in [0.1, 0.15) is 32.6 Å². The number of aromatic nitrogens is 1. The standard InChI is InChI=1S/C30H29N3O5S/c1-19-14-20(2)28(21(3)15-19)39(37,38)33-27(30(35)36)16-22-9-11-23(12-10-22)24-6-4-8-26(17-24)32-29(34)25-7-5-13-31-18-25/h4-15,17-18,27,33H,16H2,1-3H3,(H,32,34)(H,35,36). The van der Waals surface area contributed by atoms with Gasteiger partial charge < -0.3 is 10.4 Å². The molecule has 3 aromatic carbocycles. The van der Waals surface area contributed by atoms with Crippen LogP contribution in [0.4, 0.5) is 5.69 Å². The van der Waals surface area contributed by atoms with Crippen molar-refractivity contribution in [1.29, 1.82) is 0 Å². The number of hydrogen-bond acceptors (Lipinski definition) is 5. The normalized spacial score (nSPS) is 12.1. The van der Waals surface area contributed by atoms with Crippen molar-refractivity contribution in [3.63, 3.8) is 0 Å². The minimum atomic E-state index is -4.06. The molecule has 0 spiro atoms. The molecule has 1 aromatic heterocycles. The Hall–Kier alpha value is -4.34. The van der Waals surface area contributed by atoms with Gasteiger partial charge in [0.1, 0.15) is 6.04 Å². The molecule has 0 bridgehead atoms. The predicted molar refractivity (Wildman–Crippen MR) is 150 cm³/mol. The second kappa shape index (κ2) is 11.6. The van der Waals surface area contributed by atoms with Gasteiger partial charge in [-0.1, -0.05) is 54.1 Å². The average molecular weight is 544 g/mol. The van der Waals surface area contributed by atoms with Crippen LogP contribution in [-0.2, 0) is 21.2 Å². The van der Waals surface area contributed by atoms with Crippen molar-refractivity contribution in [2.75, 3.05) is 5.32 Å². The van der Waals surface area contributed by atoms with Crippen LogP contribution in [0.2, 0.25) is 0 Å². The smallest absolute Gasteiger partial charge is 0.322 e. The highest BCUT2D eigenvalue weighted by Gasteiger charge is 2.28. The van der Waals surface area contributed by atoms with Gasteiger partial charge >= 0.3 is 5.97 Å². The van der Waals surface area contributed by atoms with Gasteiger partial charge in [0.05, 0.1) is 10.5 Å². The van der Waals surface area contributed by atoms with E-state index in [1.54, 1.807) is 62.5 Å². The summed E-state index contributed by atoms with van der Waals surface area (Å²) in [6.07, 6.45) is 3.06. The molecule has 4 aromatic rings. The second-order valence-electron chi connectivity index (χ2n) is 9.42. The van der Waals surface area contributed by atoms with Gasteiger partial charge in [-0.25, -0.2) is 8.42 Å². The van der Waals surface area contributed by atoms with E-state index in [1.807, 2.05) is 37.3 Å². The number of carbonyl (C=O) groups is 2. The van der Waals surface area contributed by atoms with E-state index >= 15 is 0 Å². The topological polar surface area (TPSA) is 125 Å². The predicted octanol–water partition coefficient (Wildman–Crippen LogP) is 4.90. The lowest BCUT2D eigenvalue weighted by Gasteiger charge is -2.18. The Kier molecular flexibility index (Phi) is 8.23. The number of aryl methyl sites for hydroxylation is 3. The van der Waals surface area contributed by atoms with Crippen molar-refractivity contribution in [2.24, 2.45) is 0 Å². The number of amides is 1. The molecular weight excluding hydrogens is 514 g/mol. The lowest BCUT2D eigenvalue weighted by molar-refractivity contribution is -0.138. The van der Waals surface area contributed by atoms with E-state index in [2.05, 4.69) is 15.0 Å². The second-order valence-corrected chi connectivity index (χ2v) is 11.1. The number of nitrogens with zero attached hydrogens (tertiary/aromatic N) is 1. The number of sulfonamides is 1. The third kappa shape index (κ3) is 6.76. The number of aliphatic carboxylic acids is 1. The minimum absolute atomic E-state index is 0.0278. The third-order valence-electron chi connectivity index (χ3n) is 6.24. The van der Waals surface area contributed by atoms with Crippen LogP contribution in [0.3, 0.4) is 0 Å². The van der Waals surface area contributed by atoms with Crippen LogP contribution in [0, 0.1) is 20.8 Å². The lowest BCUT2D eigenvalue weighted by atomic mass is 10.0. The molecule has 0 aliphatic rings. The van der Waals surface area contributed by atoms with Gasteiger partial charge in [0.25, 0.3) is 5.91 Å². The van der Waals surface area contributed by atoms with Crippen LogP contribution >= 0.6 is 0 Å². The molecular formula is C30H29N3O5S. The molecule has 8 nitrogen and oxygen atoms in total. The molecule has 4 rings (SSSR count). The number of pyridine rings is 1. The van der Waals surface area contributed by atoms with E-state index in [0.717, 1.165) is 16.7 Å². The number of anilines is 1. The van der Waals surface area contributed by atoms with Crippen molar-refractivity contribution in [3.05, 3.63) is 113 Å². The van der Waals surface area contributed by atoms with E-state index in [9.17, 15) is 23.1 Å². The zero-order valence-electron chi connectivity index (χ0n) is 21.8. The Balaban J connectivity index is 1.49. The van der Waals surface area contributed by atoms with Crippen molar-refractivity contribution in [1.82, 2.24) is 9.71 Å². The summed E-state index contributed by atoms with van der Waals surface area (Å²) in [6.45, 7) is 5.27. The molecule has 0 saturated carbocycles. The molecule has 1 heterocycles. The molecule has 0 radical (unpaired) electrons. The highest BCUT2D eigenvalue weighted by Crippen LogP contribution is 2.25. The fraction of sp³-hybridized carbons (Fsp3) is 0.167. The molecule has 0 aliphatic carbocycles. The first-order chi connectivity index (χ1) is 18.5. The molecule has 200 valence electrons. The lowest BCUT2D eigenvalue weighted by Crippen LogP contribution is -2.42. The maximum atomic E-state index is 13.1. The highest BCUT2D eigenvalue weighted by molar-refractivity contribution is 7.89. The summed E-state index contributed by atoms with van der Waals surface area (Å²) >= 11 is 0. The summed E-state index contributed by atoms with van der Waals surface area (Å²) in [5, 5.41) is 12.6. The van der Waals surface area contributed by atoms with Gasteiger partial charge in [-0.05, 0) is 79.3 Å². The molecule has 0 saturated heterocycles. The first-order valence-corrected chi connectivity index (χ1v) is 13.8. The van der Waals surface area contributed by atoms with Crippen LogP contribution in [0.25, 0.3) is 11.1 Å². The molecule has 0 aliphatic heterocycles. The summed E-state index contributed by atoms with van der Waals surface area (Å²) in [5.41, 5.74) is 5.49. The van der Waals surface area contributed by atoms with Crippen molar-refractivity contribution < 1.29 is 23.1 Å². The van der Waals surface area contributed by atoms with E-state index < -0.39 is 22.0 Å². The summed E-state index contributed by atoms with van der Waals surface area (Å²) < 4.78 is 28.6. The molecule has 9 heteroatoms. The zero-order chi connectivity index (χ0) is 28.2. The van der Waals surface area contributed by atoms with Gasteiger partial charge in [-0.15, -0.1) is 0 Å². The molecule has 1 atom stereocenters. The molecule has 1 amide bonds. The number of nitrogens with one attached hydrogen (secondary N) is 2. The van der Waals surface area contributed by atoms with Gasteiger partial charge in [-0.3, -0.25) is 14.6 Å². The van der Waals surface area contributed by atoms with Crippen molar-refractivity contribution in [3.8, 4) is 11.1 Å². The fourth-order valence-electron chi connectivity index (χ4n) is 4.56. The summed E-state index contributed by atoms with van der Waals surface area (Å²) in [5.74, 6) is -1.53. The third-order valence-corrected chi connectivity index (χ3v) is 8.02. The number of carbonyl (C=O) groups excluding carboxylic acids is 1. The Bertz CT molecular complexity index is 1600. The van der Waals surface area contributed by atoms with Gasteiger partial charge in [-0.2, -0.15) is 4.72 Å². The minimum Gasteiger partial charge on any atom is -0.480 e. The highest BCUT2D eigenvalue weighted by atomic mass is 32.2. The summed E-state index contributed by atoms with van der Waals surface area (Å²) in [4.78, 5) is 28.5. The number of rotatable bonds is 9. The Labute approximate surface area is 227 Å². The number of hydrogen-bond donors (Lipinski definition) is 3. The van der Waals surface area contributed by atoms with Crippen molar-refractivity contribution >= 4 is 27.6 Å². The summed E-state index contributed by atoms with van der Waals surface area (Å²) in [7, 11) is -4.06. The Morgan fingerprint density at radius 2 is 1.59 bits per heavy atom. The first-order valence-electron chi connectivity index (χ1n) is 12.3. The Morgan fingerprint density at radius 1 is 0.897 bits per heavy atom. The van der Waals surface area contributed by atoms with E-state index in [-0.39, 0.29) is 17.2 Å². The quantitative estimate of drug-likeness (QED) is 0.276. The number of carboxylic acids is 1. The van der Waals surface area contributed by atoms with Crippen LogP contribution < -0.4 is 10.0 Å². The average Bonchev–Trinajstić information content (AvgIpc) is 2.88. The summed E-state index contributed by atoms with van der Waals surface area (Å²) in [6, 6.07) is 20.1. The van der Waals surface area contributed by atoms with E-state index in [0.29, 0.717) is 27.9 Å². The SMILES string of the molecule is Cc1cc(C)c(S(=O)(=O)NC(Cc2ccc(-c3cccc(NC(=O)c4cccnc4)c3)cc2)C(=O)O)c(C)c1. The Morgan fingerprint density at radius 3 is 2.21 bits per heavy atom. The zero-order valence-corrected chi connectivity index (χ0v) is 22.6. The van der Waals surface area contributed by atoms with E-state index in [4.69, 9.17) is 0 Å². The molecule has 3 N–H and O–H groups in total. The fourth-order valence-corrected chi connectivity index (χ4v) is 6.20. The van der Waals surface area contributed by atoms with Crippen LogP contribution in [0.15, 0.2) is 90.1 Å².